The highest BCUT2D eigenvalue weighted by atomic mass is 31.0. The molecule has 0 saturated carbocycles. The van der Waals surface area contributed by atoms with Gasteiger partial charge in [0.2, 0.25) is 0 Å². The normalized spacial score (nSPS) is 10.6. The Kier molecular flexibility index (Phi) is 26.3. The molecule has 1 unspecified atom stereocenters. The third-order valence-corrected chi connectivity index (χ3v) is 3.81. The zero-order valence-corrected chi connectivity index (χ0v) is 16.6. The Balaban J connectivity index is 0. The van der Waals surface area contributed by atoms with Gasteiger partial charge in [0, 0.05) is 13.2 Å². The molecule has 0 aliphatic heterocycles. The van der Waals surface area contributed by atoms with Crippen molar-refractivity contribution in [2.45, 2.75) is 91.3 Å². The van der Waals surface area contributed by atoms with Crippen molar-refractivity contribution < 1.29 is 9.47 Å². The summed E-state index contributed by atoms with van der Waals surface area (Å²) in [5.74, 6) is 0. The summed E-state index contributed by atoms with van der Waals surface area (Å²) in [6, 6.07) is 0. The van der Waals surface area contributed by atoms with E-state index in [9.17, 15) is 0 Å². The Morgan fingerprint density at radius 2 is 1.32 bits per heavy atom. The molecule has 4 heteroatoms. The smallest absolute Gasteiger partial charge is 0.157 e. The van der Waals surface area contributed by atoms with Crippen LogP contribution in [0.2, 0.25) is 0 Å². The van der Waals surface area contributed by atoms with E-state index in [1.54, 1.807) is 0 Å². The largest absolute Gasteiger partial charge is 0.353 e. The van der Waals surface area contributed by atoms with Crippen molar-refractivity contribution >= 4 is 9.24 Å². The minimum atomic E-state index is 0.0330. The van der Waals surface area contributed by atoms with E-state index in [4.69, 9.17) is 15.2 Å². The minimum Gasteiger partial charge on any atom is -0.353 e. The minimum absolute atomic E-state index is 0.0330. The molecule has 22 heavy (non-hydrogen) atoms. The van der Waals surface area contributed by atoms with E-state index in [1.165, 1.54) is 63.9 Å². The van der Waals surface area contributed by atoms with Crippen LogP contribution in [0.25, 0.3) is 0 Å². The van der Waals surface area contributed by atoms with Gasteiger partial charge in [0.1, 0.15) is 0 Å². The Labute approximate surface area is 142 Å². The molecule has 0 rings (SSSR count). The second-order valence-corrected chi connectivity index (χ2v) is 6.11. The summed E-state index contributed by atoms with van der Waals surface area (Å²) in [6.07, 6.45) is 14.1. The zero-order valence-electron chi connectivity index (χ0n) is 15.4. The first-order valence-electron chi connectivity index (χ1n) is 9.39. The van der Waals surface area contributed by atoms with Crippen LogP contribution in [-0.4, -0.2) is 32.2 Å². The molecule has 0 aromatic rings. The van der Waals surface area contributed by atoms with E-state index >= 15 is 0 Å². The molecule has 0 amide bonds. The predicted octanol–water partition coefficient (Wildman–Crippen LogP) is 5.13. The Hall–Kier alpha value is 0.310. The van der Waals surface area contributed by atoms with Gasteiger partial charge in [-0.3, -0.25) is 0 Å². The first kappa shape index (κ1) is 24.6. The molecule has 1 atom stereocenters. The van der Waals surface area contributed by atoms with Crippen molar-refractivity contribution in [1.29, 1.82) is 0 Å². The van der Waals surface area contributed by atoms with Crippen LogP contribution in [0.5, 0.6) is 0 Å². The second-order valence-electron chi connectivity index (χ2n) is 5.53. The number of rotatable bonds is 15. The topological polar surface area (TPSA) is 44.5 Å². The lowest BCUT2D eigenvalue weighted by Gasteiger charge is -2.16. The van der Waals surface area contributed by atoms with Gasteiger partial charge in [-0.25, -0.2) is 0 Å². The SMILES string of the molecule is CCCCCCCCCC(OCC)OCC.NCCCCP. The van der Waals surface area contributed by atoms with E-state index < -0.39 is 0 Å². The van der Waals surface area contributed by atoms with Crippen molar-refractivity contribution in [3.8, 4) is 0 Å². The maximum absolute atomic E-state index is 5.51. The van der Waals surface area contributed by atoms with E-state index in [-0.39, 0.29) is 6.29 Å². The molecule has 3 nitrogen and oxygen atoms in total. The van der Waals surface area contributed by atoms with Crippen LogP contribution in [0.3, 0.4) is 0 Å². The quantitative estimate of drug-likeness (QED) is 0.256. The summed E-state index contributed by atoms with van der Waals surface area (Å²) in [7, 11) is 2.67. The molecule has 0 aliphatic rings. The van der Waals surface area contributed by atoms with E-state index in [2.05, 4.69) is 16.2 Å². The summed E-state index contributed by atoms with van der Waals surface area (Å²) in [5.41, 5.74) is 5.21. The highest BCUT2D eigenvalue weighted by Crippen LogP contribution is 2.11. The number of nitrogens with two attached hydrogens (primary N) is 1. The molecule has 0 aromatic carbocycles. The van der Waals surface area contributed by atoms with Gasteiger partial charge in [0.25, 0.3) is 0 Å². The Bertz CT molecular complexity index is 172. The van der Waals surface area contributed by atoms with Crippen LogP contribution in [0.1, 0.15) is 85.0 Å². The molecule has 0 fully saturated rings. The number of hydrogen-bond acceptors (Lipinski definition) is 3. The van der Waals surface area contributed by atoms with Gasteiger partial charge in [0.05, 0.1) is 0 Å². The van der Waals surface area contributed by atoms with Gasteiger partial charge in [-0.1, -0.05) is 45.4 Å². The average molecular weight is 336 g/mol. The molecule has 0 aliphatic carbocycles. The van der Waals surface area contributed by atoms with Crippen LogP contribution >= 0.6 is 9.24 Å². The summed E-state index contributed by atoms with van der Waals surface area (Å²) in [4.78, 5) is 0. The Morgan fingerprint density at radius 1 is 0.773 bits per heavy atom. The molecular weight excluding hydrogens is 293 g/mol. The first-order valence-corrected chi connectivity index (χ1v) is 10.2. The maximum Gasteiger partial charge on any atom is 0.157 e. The lowest BCUT2D eigenvalue weighted by molar-refractivity contribution is -0.140. The average Bonchev–Trinajstić information content (AvgIpc) is 2.53. The fourth-order valence-corrected chi connectivity index (χ4v) is 2.43. The van der Waals surface area contributed by atoms with E-state index in [1.807, 2.05) is 13.8 Å². The van der Waals surface area contributed by atoms with E-state index in [0.717, 1.165) is 26.2 Å². The predicted molar refractivity (Wildman–Crippen MR) is 103 cm³/mol. The summed E-state index contributed by atoms with van der Waals surface area (Å²) in [5, 5.41) is 0. The molecule has 0 bridgehead atoms. The highest BCUT2D eigenvalue weighted by molar-refractivity contribution is 7.16. The summed E-state index contributed by atoms with van der Waals surface area (Å²) < 4.78 is 11.0. The van der Waals surface area contributed by atoms with Gasteiger partial charge in [-0.05, 0) is 52.2 Å². The molecule has 0 spiro atoms. The lowest BCUT2D eigenvalue weighted by atomic mass is 10.1. The molecule has 0 saturated heterocycles. The van der Waals surface area contributed by atoms with Gasteiger partial charge >= 0.3 is 0 Å². The van der Waals surface area contributed by atoms with Gasteiger partial charge < -0.3 is 15.2 Å². The van der Waals surface area contributed by atoms with Crippen LogP contribution in [0, 0.1) is 0 Å². The fraction of sp³-hybridized carbons (Fsp3) is 1.00. The van der Waals surface area contributed by atoms with Crippen LogP contribution in [0.15, 0.2) is 0 Å². The van der Waals surface area contributed by atoms with Crippen LogP contribution in [0.4, 0.5) is 0 Å². The highest BCUT2D eigenvalue weighted by Gasteiger charge is 2.06. The third-order valence-electron chi connectivity index (χ3n) is 3.41. The van der Waals surface area contributed by atoms with Crippen molar-refractivity contribution in [2.24, 2.45) is 5.73 Å². The molecule has 0 radical (unpaired) electrons. The van der Waals surface area contributed by atoms with Gasteiger partial charge in [-0.2, -0.15) is 0 Å². The monoisotopic (exact) mass is 335 g/mol. The van der Waals surface area contributed by atoms with Crippen molar-refractivity contribution in [3.63, 3.8) is 0 Å². The number of ether oxygens (including phenoxy) is 2. The zero-order chi connectivity index (χ0) is 16.9. The number of unbranched alkanes of at least 4 members (excludes halogenated alkanes) is 7. The second kappa shape index (κ2) is 23.6. The molecule has 136 valence electrons. The fourth-order valence-electron chi connectivity index (χ4n) is 2.14. The van der Waals surface area contributed by atoms with Gasteiger partial charge in [-0.15, -0.1) is 9.24 Å². The number of hydrogen-bond donors (Lipinski definition) is 1. The summed E-state index contributed by atoms with van der Waals surface area (Å²) in [6.45, 7) is 8.65. The van der Waals surface area contributed by atoms with Gasteiger partial charge in [0.15, 0.2) is 6.29 Å². The van der Waals surface area contributed by atoms with Crippen LogP contribution in [-0.2, 0) is 9.47 Å². The maximum atomic E-state index is 5.51. The molecule has 0 aromatic heterocycles. The Morgan fingerprint density at radius 3 is 1.73 bits per heavy atom. The first-order chi connectivity index (χ1) is 10.8. The molecule has 2 N–H and O–H groups in total. The van der Waals surface area contributed by atoms with Crippen LogP contribution < -0.4 is 5.73 Å². The van der Waals surface area contributed by atoms with Crippen molar-refractivity contribution in [2.75, 3.05) is 25.9 Å². The van der Waals surface area contributed by atoms with Crippen molar-refractivity contribution in [1.82, 2.24) is 0 Å². The van der Waals surface area contributed by atoms with Crippen molar-refractivity contribution in [3.05, 3.63) is 0 Å². The molecular formula is C18H42NO2P. The lowest BCUT2D eigenvalue weighted by Crippen LogP contribution is -2.17. The molecule has 0 heterocycles. The summed E-state index contributed by atoms with van der Waals surface area (Å²) >= 11 is 0. The third kappa shape index (κ3) is 22.6. The van der Waals surface area contributed by atoms with E-state index in [0.29, 0.717) is 0 Å². The standard InChI is InChI=1S/C14H30O2.C4H12NP/c1-4-7-8-9-10-11-12-13-14(15-5-2)16-6-3;5-3-1-2-4-6/h14H,4-13H2,1-3H3;1-6H2.